The number of hydrogen-bond donors (Lipinski definition) is 2. The number of ether oxygens (including phenoxy) is 1. The quantitative estimate of drug-likeness (QED) is 0.697. The number of nitrogens with zero attached hydrogens (tertiary/aromatic N) is 1. The van der Waals surface area contributed by atoms with Crippen molar-refractivity contribution < 1.29 is 9.84 Å². The van der Waals surface area contributed by atoms with Crippen molar-refractivity contribution >= 4 is 5.84 Å². The fourth-order valence-electron chi connectivity index (χ4n) is 1.51. The van der Waals surface area contributed by atoms with Crippen molar-refractivity contribution in [1.82, 2.24) is 5.32 Å². The second kappa shape index (κ2) is 6.79. The Morgan fingerprint density at radius 1 is 1.50 bits per heavy atom. The molecular weight excluding hydrogens is 180 g/mol. The van der Waals surface area contributed by atoms with Crippen LogP contribution in [-0.4, -0.2) is 43.9 Å². The number of rotatable bonds is 4. The van der Waals surface area contributed by atoms with E-state index < -0.39 is 6.10 Å². The third-order valence-corrected chi connectivity index (χ3v) is 2.28. The molecule has 1 aliphatic rings. The zero-order valence-corrected chi connectivity index (χ0v) is 8.83. The van der Waals surface area contributed by atoms with E-state index in [1.54, 1.807) is 7.11 Å². The topological polar surface area (TPSA) is 53.9 Å². The van der Waals surface area contributed by atoms with E-state index in [0.717, 1.165) is 18.8 Å². The monoisotopic (exact) mass is 200 g/mol. The molecule has 82 valence electrons. The Kier molecular flexibility index (Phi) is 5.56. The molecule has 0 saturated heterocycles. The van der Waals surface area contributed by atoms with Gasteiger partial charge in [-0.2, -0.15) is 0 Å². The highest BCUT2D eigenvalue weighted by Gasteiger charge is 2.06. The van der Waals surface area contributed by atoms with Crippen LogP contribution in [0, 0.1) is 0 Å². The Hall–Kier alpha value is -0.610. The van der Waals surface area contributed by atoms with Gasteiger partial charge in [-0.25, -0.2) is 0 Å². The van der Waals surface area contributed by atoms with Gasteiger partial charge in [-0.3, -0.25) is 4.99 Å². The molecule has 0 aromatic heterocycles. The Morgan fingerprint density at radius 2 is 2.36 bits per heavy atom. The highest BCUT2D eigenvalue weighted by molar-refractivity contribution is 5.82. The van der Waals surface area contributed by atoms with E-state index in [0.29, 0.717) is 13.2 Å². The molecule has 1 atom stereocenters. The fraction of sp³-hybridized carbons (Fsp3) is 0.900. The number of methoxy groups -OCH3 is 1. The molecule has 0 bridgehead atoms. The van der Waals surface area contributed by atoms with E-state index in [1.165, 1.54) is 19.3 Å². The van der Waals surface area contributed by atoms with E-state index >= 15 is 0 Å². The van der Waals surface area contributed by atoms with Crippen LogP contribution in [0.15, 0.2) is 4.99 Å². The lowest BCUT2D eigenvalue weighted by Gasteiger charge is -2.12. The molecule has 0 spiro atoms. The van der Waals surface area contributed by atoms with E-state index in [4.69, 9.17) is 4.74 Å². The maximum atomic E-state index is 9.41. The number of aliphatic hydroxyl groups is 1. The van der Waals surface area contributed by atoms with Crippen molar-refractivity contribution in [1.29, 1.82) is 0 Å². The molecule has 4 heteroatoms. The van der Waals surface area contributed by atoms with Crippen molar-refractivity contribution in [2.75, 3.05) is 26.8 Å². The molecule has 0 saturated carbocycles. The van der Waals surface area contributed by atoms with Gasteiger partial charge in [0.15, 0.2) is 0 Å². The van der Waals surface area contributed by atoms with Gasteiger partial charge in [0.1, 0.15) is 0 Å². The summed E-state index contributed by atoms with van der Waals surface area (Å²) in [5, 5.41) is 12.6. The molecule has 1 unspecified atom stereocenters. The van der Waals surface area contributed by atoms with Crippen molar-refractivity contribution in [2.45, 2.75) is 31.8 Å². The molecule has 1 rings (SSSR count). The summed E-state index contributed by atoms with van der Waals surface area (Å²) in [5.41, 5.74) is 0. The molecule has 0 radical (unpaired) electrons. The van der Waals surface area contributed by atoms with Gasteiger partial charge in [-0.05, 0) is 12.8 Å². The van der Waals surface area contributed by atoms with Crippen LogP contribution in [0.2, 0.25) is 0 Å². The largest absolute Gasteiger partial charge is 0.389 e. The molecule has 1 heterocycles. The molecule has 1 aliphatic heterocycles. The second-order valence-electron chi connectivity index (χ2n) is 3.63. The number of aliphatic imine (C=N–C) groups is 1. The summed E-state index contributed by atoms with van der Waals surface area (Å²) in [6, 6.07) is 0. The highest BCUT2D eigenvalue weighted by Crippen LogP contribution is 2.05. The van der Waals surface area contributed by atoms with Crippen LogP contribution >= 0.6 is 0 Å². The Bertz CT molecular complexity index is 183. The second-order valence-corrected chi connectivity index (χ2v) is 3.63. The lowest BCUT2D eigenvalue weighted by atomic mass is 10.2. The van der Waals surface area contributed by atoms with Gasteiger partial charge in [-0.1, -0.05) is 6.42 Å². The van der Waals surface area contributed by atoms with Crippen LogP contribution in [0.3, 0.4) is 0 Å². The van der Waals surface area contributed by atoms with Crippen LogP contribution in [-0.2, 0) is 4.74 Å². The first-order valence-corrected chi connectivity index (χ1v) is 5.27. The minimum atomic E-state index is -0.439. The van der Waals surface area contributed by atoms with Crippen molar-refractivity contribution in [3.63, 3.8) is 0 Å². The average Bonchev–Trinajstić information content (AvgIpc) is 2.43. The number of amidine groups is 1. The predicted molar refractivity (Wildman–Crippen MR) is 56.7 cm³/mol. The zero-order chi connectivity index (χ0) is 10.2. The number of hydrogen-bond acceptors (Lipinski definition) is 4. The molecule has 2 N–H and O–H groups in total. The van der Waals surface area contributed by atoms with Crippen molar-refractivity contribution in [3.8, 4) is 0 Å². The van der Waals surface area contributed by atoms with Crippen LogP contribution in [0.4, 0.5) is 0 Å². The Balaban J connectivity index is 2.18. The van der Waals surface area contributed by atoms with Gasteiger partial charge in [0.2, 0.25) is 0 Å². The summed E-state index contributed by atoms with van der Waals surface area (Å²) >= 11 is 0. The van der Waals surface area contributed by atoms with Gasteiger partial charge in [-0.15, -0.1) is 0 Å². The van der Waals surface area contributed by atoms with E-state index in [-0.39, 0.29) is 0 Å². The van der Waals surface area contributed by atoms with Gasteiger partial charge < -0.3 is 15.2 Å². The maximum absolute atomic E-state index is 9.41. The molecule has 4 nitrogen and oxygen atoms in total. The molecule has 0 aromatic rings. The van der Waals surface area contributed by atoms with Crippen LogP contribution < -0.4 is 5.32 Å². The summed E-state index contributed by atoms with van der Waals surface area (Å²) in [4.78, 5) is 4.41. The molecule has 0 fully saturated rings. The standard InChI is InChI=1S/C10H20N2O2/c1-14-8-9(13)7-12-10-5-3-2-4-6-11-10/h9,13H,2-8H2,1H3,(H,11,12). The van der Waals surface area contributed by atoms with Crippen LogP contribution in [0.25, 0.3) is 0 Å². The normalized spacial score (nSPS) is 19.7. The summed E-state index contributed by atoms with van der Waals surface area (Å²) in [7, 11) is 1.59. The summed E-state index contributed by atoms with van der Waals surface area (Å²) in [5.74, 6) is 1.04. The third-order valence-electron chi connectivity index (χ3n) is 2.28. The average molecular weight is 200 g/mol. The lowest BCUT2D eigenvalue weighted by Crippen LogP contribution is -2.34. The Labute approximate surface area is 85.4 Å². The molecular formula is C10H20N2O2. The van der Waals surface area contributed by atoms with Gasteiger partial charge in [0.25, 0.3) is 0 Å². The third kappa shape index (κ3) is 4.58. The predicted octanol–water partition coefficient (Wildman–Crippen LogP) is 0.556. The smallest absolute Gasteiger partial charge is 0.0963 e. The van der Waals surface area contributed by atoms with E-state index in [9.17, 15) is 5.11 Å². The first kappa shape index (κ1) is 11.5. The SMILES string of the molecule is COCC(O)CNC1=NCCCCC1. The maximum Gasteiger partial charge on any atom is 0.0963 e. The minimum absolute atomic E-state index is 0.375. The highest BCUT2D eigenvalue weighted by atomic mass is 16.5. The number of aliphatic hydroxyl groups excluding tert-OH is 1. The zero-order valence-electron chi connectivity index (χ0n) is 8.83. The fourth-order valence-corrected chi connectivity index (χ4v) is 1.51. The van der Waals surface area contributed by atoms with Crippen LogP contribution in [0.1, 0.15) is 25.7 Å². The summed E-state index contributed by atoms with van der Waals surface area (Å²) in [6.07, 6.45) is 4.22. The summed E-state index contributed by atoms with van der Waals surface area (Å²) in [6.45, 7) is 1.83. The summed E-state index contributed by atoms with van der Waals surface area (Å²) < 4.78 is 4.84. The first-order valence-electron chi connectivity index (χ1n) is 5.27. The molecule has 0 aliphatic carbocycles. The van der Waals surface area contributed by atoms with Gasteiger partial charge in [0, 0.05) is 26.6 Å². The minimum Gasteiger partial charge on any atom is -0.389 e. The van der Waals surface area contributed by atoms with Crippen molar-refractivity contribution in [2.24, 2.45) is 4.99 Å². The number of nitrogens with one attached hydrogen (secondary N) is 1. The molecule has 0 amide bonds. The van der Waals surface area contributed by atoms with Gasteiger partial charge >= 0.3 is 0 Å². The Morgan fingerprint density at radius 3 is 3.14 bits per heavy atom. The molecule has 0 aromatic carbocycles. The van der Waals surface area contributed by atoms with Crippen LogP contribution in [0.5, 0.6) is 0 Å². The van der Waals surface area contributed by atoms with Gasteiger partial charge in [0.05, 0.1) is 18.5 Å². The molecule has 14 heavy (non-hydrogen) atoms. The first-order chi connectivity index (χ1) is 6.83. The van der Waals surface area contributed by atoms with E-state index in [2.05, 4.69) is 10.3 Å². The lowest BCUT2D eigenvalue weighted by molar-refractivity contribution is 0.0674. The van der Waals surface area contributed by atoms with E-state index in [1.807, 2.05) is 0 Å². The van der Waals surface area contributed by atoms with Crippen molar-refractivity contribution in [3.05, 3.63) is 0 Å².